The van der Waals surface area contributed by atoms with E-state index in [1.54, 1.807) is 18.2 Å². The minimum Gasteiger partial charge on any atom is -0.344 e. The predicted octanol–water partition coefficient (Wildman–Crippen LogP) is 1.11. The van der Waals surface area contributed by atoms with E-state index in [-0.39, 0.29) is 16.6 Å². The molecule has 3 aromatic rings. The van der Waals surface area contributed by atoms with E-state index in [0.29, 0.717) is 0 Å². The van der Waals surface area contributed by atoms with Gasteiger partial charge in [-0.2, -0.15) is 13.2 Å². The van der Waals surface area contributed by atoms with Gasteiger partial charge in [0.1, 0.15) is 12.1 Å². The van der Waals surface area contributed by atoms with Crippen molar-refractivity contribution in [3.8, 4) is 5.69 Å². The number of nitrogens with zero attached hydrogens (tertiary/aromatic N) is 2. The molecule has 3 rings (SSSR count). The lowest BCUT2D eigenvalue weighted by Gasteiger charge is -2.22. The summed E-state index contributed by atoms with van der Waals surface area (Å²) in [4.78, 5) is 64.2. The number of carbonyl (C=O) groups is 2. The minimum atomic E-state index is -5.14. The lowest BCUT2D eigenvalue weighted by Crippen LogP contribution is -2.50. The van der Waals surface area contributed by atoms with Crippen molar-refractivity contribution < 1.29 is 22.8 Å². The molecule has 0 bridgehead atoms. The molecule has 2 aromatic heterocycles. The number of H-pyrrole nitrogens is 1. The zero-order chi connectivity index (χ0) is 24.5. The Kier molecular flexibility index (Phi) is 6.38. The Hall–Kier alpha value is -3.96. The average molecular weight is 464 g/mol. The molecular weight excluding hydrogens is 445 g/mol. The maximum atomic E-state index is 12.8. The number of hydrogen-bond acceptors (Lipinski definition) is 5. The van der Waals surface area contributed by atoms with Crippen LogP contribution in [0.4, 0.5) is 13.2 Å². The Bertz CT molecular complexity index is 1390. The molecule has 0 spiro atoms. The largest absolute Gasteiger partial charge is 0.452 e. The molecule has 9 nitrogen and oxygen atoms in total. The van der Waals surface area contributed by atoms with Crippen LogP contribution < -0.4 is 22.1 Å². The third kappa shape index (κ3) is 4.78. The van der Waals surface area contributed by atoms with E-state index in [4.69, 9.17) is 0 Å². The van der Waals surface area contributed by atoms with Gasteiger partial charge >= 0.3 is 11.9 Å². The molecule has 1 amide bonds. The van der Waals surface area contributed by atoms with Gasteiger partial charge in [0, 0.05) is 6.20 Å². The van der Waals surface area contributed by atoms with Gasteiger partial charge in [-0.3, -0.25) is 19.2 Å². The zero-order valence-electron chi connectivity index (χ0n) is 17.5. The summed E-state index contributed by atoms with van der Waals surface area (Å²) >= 11 is 0. The Morgan fingerprint density at radius 1 is 1.03 bits per heavy atom. The summed E-state index contributed by atoms with van der Waals surface area (Å²) in [6, 6.07) is 7.38. The Labute approximate surface area is 183 Å². The summed E-state index contributed by atoms with van der Waals surface area (Å²) in [5.41, 5.74) is -2.62. The van der Waals surface area contributed by atoms with Crippen molar-refractivity contribution in [1.29, 1.82) is 0 Å². The van der Waals surface area contributed by atoms with Crippen LogP contribution in [0.5, 0.6) is 0 Å². The molecular formula is C21H19F3N4O5. The first-order valence-corrected chi connectivity index (χ1v) is 9.76. The summed E-state index contributed by atoms with van der Waals surface area (Å²) < 4.78 is 40.0. The fourth-order valence-corrected chi connectivity index (χ4v) is 3.27. The molecule has 12 heteroatoms. The smallest absolute Gasteiger partial charge is 0.344 e. The maximum Gasteiger partial charge on any atom is 0.452 e. The molecule has 0 radical (unpaired) electrons. The summed E-state index contributed by atoms with van der Waals surface area (Å²) in [6.07, 6.45) is -4.03. The number of alkyl halides is 3. The molecule has 1 unspecified atom stereocenters. The molecule has 2 N–H and O–H groups in total. The van der Waals surface area contributed by atoms with Gasteiger partial charge in [0.2, 0.25) is 5.91 Å². The number of pyridine rings is 1. The standard InChI is InChI=1S/C21H19F3N4O5/c1-11(2)15(17(30)21(22,23)24)25-14(29)10-27-9-8-13-16(19(27)32)26-20(33)28(18(13)31)12-6-4-3-5-7-12/h3-9,11,15H,10H2,1-2H3,(H,25,29)(H,26,33). The van der Waals surface area contributed by atoms with Crippen LogP contribution in [0.15, 0.2) is 57.0 Å². The number of halogens is 3. The van der Waals surface area contributed by atoms with E-state index >= 15 is 0 Å². The molecule has 0 fully saturated rings. The molecule has 1 atom stereocenters. The lowest BCUT2D eigenvalue weighted by molar-refractivity contribution is -0.174. The van der Waals surface area contributed by atoms with Crippen LogP contribution in [0.3, 0.4) is 0 Å². The van der Waals surface area contributed by atoms with Crippen molar-refractivity contribution in [2.45, 2.75) is 32.6 Å². The Balaban J connectivity index is 1.96. The molecule has 0 saturated carbocycles. The van der Waals surface area contributed by atoms with Crippen LogP contribution in [0, 0.1) is 5.92 Å². The summed E-state index contributed by atoms with van der Waals surface area (Å²) in [5, 5.41) is 1.88. The number of para-hydroxylation sites is 1. The second kappa shape index (κ2) is 8.88. The number of amides is 1. The second-order valence-corrected chi connectivity index (χ2v) is 7.59. The normalized spacial score (nSPS) is 12.7. The SMILES string of the molecule is CC(C)C(NC(=O)Cn1ccc2c(=O)n(-c3ccccc3)c(=O)[nH]c2c1=O)C(=O)C(F)(F)F. The highest BCUT2D eigenvalue weighted by molar-refractivity contribution is 5.93. The third-order valence-corrected chi connectivity index (χ3v) is 4.91. The topological polar surface area (TPSA) is 123 Å². The van der Waals surface area contributed by atoms with Gasteiger partial charge < -0.3 is 14.9 Å². The predicted molar refractivity (Wildman–Crippen MR) is 112 cm³/mol. The quantitative estimate of drug-likeness (QED) is 0.566. The van der Waals surface area contributed by atoms with E-state index in [2.05, 4.69) is 4.98 Å². The summed E-state index contributed by atoms with van der Waals surface area (Å²) in [6.45, 7) is 1.94. The molecule has 0 aliphatic rings. The van der Waals surface area contributed by atoms with Gasteiger partial charge in [0.05, 0.1) is 17.1 Å². The van der Waals surface area contributed by atoms with Crippen molar-refractivity contribution in [2.24, 2.45) is 5.92 Å². The first kappa shape index (κ1) is 23.7. The summed E-state index contributed by atoms with van der Waals surface area (Å²) in [7, 11) is 0. The van der Waals surface area contributed by atoms with E-state index in [1.807, 2.05) is 5.32 Å². The van der Waals surface area contributed by atoms with Crippen molar-refractivity contribution >= 4 is 22.6 Å². The first-order chi connectivity index (χ1) is 15.4. The molecule has 2 heterocycles. The van der Waals surface area contributed by atoms with Gasteiger partial charge in [-0.1, -0.05) is 32.0 Å². The monoisotopic (exact) mass is 464 g/mol. The number of rotatable bonds is 6. The molecule has 174 valence electrons. The number of ketones is 1. The van der Waals surface area contributed by atoms with Crippen LogP contribution in [0.1, 0.15) is 13.8 Å². The fraction of sp³-hybridized carbons (Fsp3) is 0.286. The first-order valence-electron chi connectivity index (χ1n) is 9.76. The molecule has 33 heavy (non-hydrogen) atoms. The molecule has 0 aliphatic heterocycles. The highest BCUT2D eigenvalue weighted by atomic mass is 19.4. The van der Waals surface area contributed by atoms with E-state index < -0.39 is 53.2 Å². The maximum absolute atomic E-state index is 12.8. The molecule has 0 saturated heterocycles. The number of carbonyl (C=O) groups excluding carboxylic acids is 2. The van der Waals surface area contributed by atoms with E-state index in [9.17, 15) is 37.1 Å². The number of fused-ring (bicyclic) bond motifs is 1. The highest BCUT2D eigenvalue weighted by Gasteiger charge is 2.44. The highest BCUT2D eigenvalue weighted by Crippen LogP contribution is 2.21. The lowest BCUT2D eigenvalue weighted by atomic mass is 9.99. The van der Waals surface area contributed by atoms with E-state index in [0.717, 1.165) is 15.3 Å². The van der Waals surface area contributed by atoms with Gasteiger partial charge in [-0.05, 0) is 24.1 Å². The second-order valence-electron chi connectivity index (χ2n) is 7.59. The van der Waals surface area contributed by atoms with Crippen molar-refractivity contribution in [2.75, 3.05) is 0 Å². The molecule has 1 aromatic carbocycles. The fourth-order valence-electron chi connectivity index (χ4n) is 3.27. The van der Waals surface area contributed by atoms with Gasteiger partial charge in [0.15, 0.2) is 0 Å². The van der Waals surface area contributed by atoms with Crippen molar-refractivity contribution in [3.05, 3.63) is 73.8 Å². The number of nitrogens with one attached hydrogen (secondary N) is 2. The van der Waals surface area contributed by atoms with Gasteiger partial charge in [-0.15, -0.1) is 0 Å². The van der Waals surface area contributed by atoms with Crippen LogP contribution in [0.2, 0.25) is 0 Å². The van der Waals surface area contributed by atoms with Crippen molar-refractivity contribution in [3.63, 3.8) is 0 Å². The number of benzene rings is 1. The molecule has 0 aliphatic carbocycles. The number of aromatic nitrogens is 3. The van der Waals surface area contributed by atoms with Gasteiger partial charge in [-0.25, -0.2) is 9.36 Å². The van der Waals surface area contributed by atoms with Crippen LogP contribution >= 0.6 is 0 Å². The number of Topliss-reactive ketones (excluding diaryl/α,β-unsaturated/α-hetero) is 1. The average Bonchev–Trinajstić information content (AvgIpc) is 2.74. The summed E-state index contributed by atoms with van der Waals surface area (Å²) in [5.74, 6) is -3.99. The third-order valence-electron chi connectivity index (χ3n) is 4.91. The van der Waals surface area contributed by atoms with Crippen LogP contribution in [-0.2, 0) is 16.1 Å². The van der Waals surface area contributed by atoms with Crippen LogP contribution in [-0.4, -0.2) is 38.0 Å². The minimum absolute atomic E-state index is 0.118. The van der Waals surface area contributed by atoms with Gasteiger partial charge in [0.25, 0.3) is 16.9 Å². The van der Waals surface area contributed by atoms with E-state index in [1.165, 1.54) is 32.0 Å². The Morgan fingerprint density at radius 2 is 1.67 bits per heavy atom. The Morgan fingerprint density at radius 3 is 2.24 bits per heavy atom. The number of aromatic amines is 1. The zero-order valence-corrected chi connectivity index (χ0v) is 17.5. The number of hydrogen-bond donors (Lipinski definition) is 2. The van der Waals surface area contributed by atoms with Crippen molar-refractivity contribution in [1.82, 2.24) is 19.4 Å². The van der Waals surface area contributed by atoms with Crippen LogP contribution in [0.25, 0.3) is 16.6 Å².